The maximum atomic E-state index is 4.28. The van der Waals surface area contributed by atoms with Gasteiger partial charge in [-0.1, -0.05) is 112 Å². The maximum Gasteiger partial charge on any atom is 0.0616 e. The van der Waals surface area contributed by atoms with Gasteiger partial charge in [0.25, 0.3) is 0 Å². The Balaban J connectivity index is 1.63. The topological polar surface area (TPSA) is 4.93 Å². The van der Waals surface area contributed by atoms with Crippen molar-refractivity contribution in [3.8, 4) is 11.1 Å². The highest BCUT2D eigenvalue weighted by molar-refractivity contribution is 6.15. The molecule has 190 valence electrons. The molecule has 0 N–H and O–H groups in total. The van der Waals surface area contributed by atoms with E-state index in [2.05, 4.69) is 110 Å². The van der Waals surface area contributed by atoms with Crippen LogP contribution in [-0.4, -0.2) is 4.57 Å². The van der Waals surface area contributed by atoms with Crippen molar-refractivity contribution in [2.24, 2.45) is 0 Å². The fraction of sp³-hybridized carbons (Fsp3) is 0.243. The van der Waals surface area contributed by atoms with Crippen molar-refractivity contribution in [2.75, 3.05) is 0 Å². The van der Waals surface area contributed by atoms with Crippen molar-refractivity contribution >= 4 is 34.1 Å². The molecule has 1 aromatic heterocycles. The van der Waals surface area contributed by atoms with Gasteiger partial charge >= 0.3 is 0 Å². The lowest BCUT2D eigenvalue weighted by Crippen LogP contribution is -2.04. The van der Waals surface area contributed by atoms with Gasteiger partial charge in [0.2, 0.25) is 0 Å². The molecule has 4 aromatic carbocycles. The number of aromatic nitrogens is 1. The zero-order valence-corrected chi connectivity index (χ0v) is 22.7. The third kappa shape index (κ3) is 4.11. The van der Waals surface area contributed by atoms with Crippen LogP contribution in [0.2, 0.25) is 0 Å². The number of rotatable bonds is 6. The van der Waals surface area contributed by atoms with E-state index < -0.39 is 0 Å². The van der Waals surface area contributed by atoms with Crippen LogP contribution in [-0.2, 0) is 0 Å². The molecule has 1 heterocycles. The van der Waals surface area contributed by atoms with Crippen LogP contribution in [0, 0.1) is 6.92 Å². The van der Waals surface area contributed by atoms with E-state index in [1.54, 1.807) is 0 Å². The van der Waals surface area contributed by atoms with E-state index in [0.29, 0.717) is 5.92 Å². The average Bonchev–Trinajstić information content (AvgIpc) is 3.30. The molecule has 0 unspecified atom stereocenters. The number of fused-ring (bicyclic) bond motifs is 3. The van der Waals surface area contributed by atoms with Crippen LogP contribution in [0.1, 0.15) is 78.7 Å². The fourth-order valence-electron chi connectivity index (χ4n) is 6.65. The van der Waals surface area contributed by atoms with E-state index in [1.807, 2.05) is 12.3 Å². The van der Waals surface area contributed by atoms with Gasteiger partial charge in [-0.2, -0.15) is 0 Å². The standard InChI is InChI=1S/C37H37N/c1-5-27-16-18-28(19-17-27)26(4)32-21-22-33-34-24-30(29-13-8-7-9-14-29)20-23-35(34)38(6-2)37(33)36(32)31-15-11-10-12-25(31)3/h5-6,10-12,15-24,26,29H,1-2,7-9,13-14H2,3-4H3/t26-/m1/s1. The SMILES string of the molecule is C=Cc1ccc([C@@H](C)c2ccc3c4cc(C5CCCCC5)ccc4n(C=C)c3c2-c2ccccc2C)cc1. The Morgan fingerprint density at radius 2 is 1.61 bits per heavy atom. The average molecular weight is 496 g/mol. The first-order valence-electron chi connectivity index (χ1n) is 14.1. The van der Waals surface area contributed by atoms with Crippen molar-refractivity contribution < 1.29 is 0 Å². The molecule has 1 saturated carbocycles. The van der Waals surface area contributed by atoms with E-state index in [4.69, 9.17) is 0 Å². The highest BCUT2D eigenvalue weighted by atomic mass is 15.0. The minimum absolute atomic E-state index is 0.238. The molecule has 0 radical (unpaired) electrons. The van der Waals surface area contributed by atoms with Gasteiger partial charge in [0.05, 0.1) is 11.0 Å². The molecule has 1 fully saturated rings. The first kappa shape index (κ1) is 24.5. The van der Waals surface area contributed by atoms with Crippen molar-refractivity contribution in [3.63, 3.8) is 0 Å². The monoisotopic (exact) mass is 495 g/mol. The molecule has 0 amide bonds. The van der Waals surface area contributed by atoms with Crippen molar-refractivity contribution in [2.45, 2.75) is 57.8 Å². The zero-order chi connectivity index (χ0) is 26.2. The normalized spacial score (nSPS) is 15.1. The second-order valence-corrected chi connectivity index (χ2v) is 11.0. The summed E-state index contributed by atoms with van der Waals surface area (Å²) in [5.74, 6) is 0.922. The summed E-state index contributed by atoms with van der Waals surface area (Å²) >= 11 is 0. The minimum Gasteiger partial charge on any atom is -0.316 e. The fourth-order valence-corrected chi connectivity index (χ4v) is 6.65. The van der Waals surface area contributed by atoms with Crippen LogP contribution >= 0.6 is 0 Å². The van der Waals surface area contributed by atoms with Gasteiger partial charge < -0.3 is 4.57 Å². The predicted octanol–water partition coefficient (Wildman–Crippen LogP) is 10.7. The Labute approximate surface area is 227 Å². The third-order valence-electron chi connectivity index (χ3n) is 8.83. The molecule has 0 aliphatic heterocycles. The van der Waals surface area contributed by atoms with Crippen molar-refractivity contribution in [3.05, 3.63) is 120 Å². The van der Waals surface area contributed by atoms with E-state index in [1.165, 1.54) is 87.3 Å². The number of nitrogens with zero attached hydrogens (tertiary/aromatic N) is 1. The van der Waals surface area contributed by atoms with Gasteiger partial charge in [-0.15, -0.1) is 0 Å². The first-order chi connectivity index (χ1) is 18.6. The minimum atomic E-state index is 0.238. The Hall–Kier alpha value is -3.84. The van der Waals surface area contributed by atoms with E-state index >= 15 is 0 Å². The Bertz CT molecular complexity index is 1640. The smallest absolute Gasteiger partial charge is 0.0616 e. The first-order valence-corrected chi connectivity index (χ1v) is 14.1. The quantitative estimate of drug-likeness (QED) is 0.221. The Kier molecular flexibility index (Phi) is 6.54. The number of hydrogen-bond donors (Lipinski definition) is 0. The van der Waals surface area contributed by atoms with Crippen LogP contribution < -0.4 is 0 Å². The number of aryl methyl sites for hydroxylation is 1. The summed E-state index contributed by atoms with van der Waals surface area (Å²) in [6, 6.07) is 29.5. The van der Waals surface area contributed by atoms with E-state index in [-0.39, 0.29) is 5.92 Å². The van der Waals surface area contributed by atoms with Gasteiger partial charge in [0.1, 0.15) is 0 Å². The number of benzene rings is 4. The van der Waals surface area contributed by atoms with Gasteiger partial charge in [-0.3, -0.25) is 0 Å². The second-order valence-electron chi connectivity index (χ2n) is 11.0. The molecular weight excluding hydrogens is 458 g/mol. The number of hydrogen-bond acceptors (Lipinski definition) is 0. The third-order valence-corrected chi connectivity index (χ3v) is 8.83. The highest BCUT2D eigenvalue weighted by Gasteiger charge is 2.23. The summed E-state index contributed by atoms with van der Waals surface area (Å²) in [7, 11) is 0. The Morgan fingerprint density at radius 1 is 0.842 bits per heavy atom. The molecular formula is C37H37N. The van der Waals surface area contributed by atoms with Crippen LogP contribution in [0.25, 0.3) is 45.2 Å². The van der Waals surface area contributed by atoms with Crippen LogP contribution in [0.3, 0.4) is 0 Å². The maximum absolute atomic E-state index is 4.28. The van der Waals surface area contributed by atoms with Gasteiger partial charge in [0.15, 0.2) is 0 Å². The molecule has 1 heteroatoms. The lowest BCUT2D eigenvalue weighted by Gasteiger charge is -2.22. The van der Waals surface area contributed by atoms with Gasteiger partial charge in [0, 0.05) is 28.5 Å². The summed E-state index contributed by atoms with van der Waals surface area (Å²) in [6.07, 6.45) is 10.6. The lowest BCUT2D eigenvalue weighted by molar-refractivity contribution is 0.444. The molecule has 0 saturated heterocycles. The van der Waals surface area contributed by atoms with Crippen LogP contribution in [0.5, 0.6) is 0 Å². The molecule has 0 bridgehead atoms. The molecule has 6 rings (SSSR count). The summed E-state index contributed by atoms with van der Waals surface area (Å²) in [4.78, 5) is 0. The van der Waals surface area contributed by atoms with Crippen LogP contribution in [0.4, 0.5) is 0 Å². The van der Waals surface area contributed by atoms with Crippen molar-refractivity contribution in [1.82, 2.24) is 4.57 Å². The summed E-state index contributed by atoms with van der Waals surface area (Å²) < 4.78 is 2.33. The molecule has 1 aliphatic carbocycles. The summed E-state index contributed by atoms with van der Waals surface area (Å²) in [5, 5.41) is 2.65. The summed E-state index contributed by atoms with van der Waals surface area (Å²) in [6.45, 7) is 12.8. The summed E-state index contributed by atoms with van der Waals surface area (Å²) in [5.41, 5.74) is 11.7. The molecule has 0 spiro atoms. The predicted molar refractivity (Wildman–Crippen MR) is 166 cm³/mol. The molecule has 1 aliphatic rings. The van der Waals surface area contributed by atoms with E-state index in [9.17, 15) is 0 Å². The largest absolute Gasteiger partial charge is 0.316 e. The molecule has 1 atom stereocenters. The van der Waals surface area contributed by atoms with Gasteiger partial charge in [-0.05, 0) is 71.2 Å². The van der Waals surface area contributed by atoms with E-state index in [0.717, 1.165) is 5.56 Å². The molecule has 1 nitrogen and oxygen atoms in total. The van der Waals surface area contributed by atoms with Crippen molar-refractivity contribution in [1.29, 1.82) is 0 Å². The molecule has 5 aromatic rings. The van der Waals surface area contributed by atoms with Gasteiger partial charge in [-0.25, -0.2) is 0 Å². The zero-order valence-electron chi connectivity index (χ0n) is 22.7. The van der Waals surface area contributed by atoms with Crippen LogP contribution in [0.15, 0.2) is 92.0 Å². The molecule has 38 heavy (non-hydrogen) atoms. The Morgan fingerprint density at radius 3 is 2.32 bits per heavy atom. The lowest BCUT2D eigenvalue weighted by atomic mass is 9.83. The second kappa shape index (κ2) is 10.1. The highest BCUT2D eigenvalue weighted by Crippen LogP contribution is 2.44.